The highest BCUT2D eigenvalue weighted by Gasteiger charge is 2.53. The largest absolute Gasteiger partial charge is 0.344 e. The number of aryl methyl sites for hydroxylation is 2. The van der Waals surface area contributed by atoms with Crippen LogP contribution >= 0.6 is 0 Å². The molecule has 4 nitrogen and oxygen atoms in total. The van der Waals surface area contributed by atoms with Gasteiger partial charge in [-0.1, -0.05) is 6.07 Å². The van der Waals surface area contributed by atoms with Crippen LogP contribution in [0.4, 0.5) is 4.39 Å². The van der Waals surface area contributed by atoms with E-state index in [-0.39, 0.29) is 5.82 Å². The van der Waals surface area contributed by atoms with Gasteiger partial charge in [-0.25, -0.2) is 9.07 Å². The fourth-order valence-electron chi connectivity index (χ4n) is 4.16. The number of amides is 1. The normalized spacial score (nSPS) is 19.5. The molecular weight excluding hydrogens is 293 g/mol. The quantitative estimate of drug-likeness (QED) is 0.817. The van der Waals surface area contributed by atoms with Crippen molar-refractivity contribution in [3.63, 3.8) is 0 Å². The number of hydrogen-bond acceptors (Lipinski definition) is 2. The maximum Gasteiger partial charge on any atom is 0.209 e. The van der Waals surface area contributed by atoms with E-state index in [0.717, 1.165) is 55.0 Å². The molecule has 1 aliphatic heterocycles. The summed E-state index contributed by atoms with van der Waals surface area (Å²) in [4.78, 5) is 12.6. The average Bonchev–Trinajstić information content (AvgIpc) is 2.80. The fourth-order valence-corrected chi connectivity index (χ4v) is 4.16. The van der Waals surface area contributed by atoms with Gasteiger partial charge >= 0.3 is 0 Å². The summed E-state index contributed by atoms with van der Waals surface area (Å²) in [6.45, 7) is 5.70. The molecule has 0 unspecified atom stereocenters. The van der Waals surface area contributed by atoms with Gasteiger partial charge in [-0.15, -0.1) is 0 Å². The minimum atomic E-state index is -0.240. The number of nitrogens with zero attached hydrogens (tertiary/aromatic N) is 3. The number of hydrogen-bond donors (Lipinski definition) is 0. The maximum absolute atomic E-state index is 13.7. The second-order valence-corrected chi connectivity index (χ2v) is 7.17. The average molecular weight is 313 g/mol. The van der Waals surface area contributed by atoms with Crippen molar-refractivity contribution in [3.8, 4) is 5.69 Å². The molecule has 1 saturated heterocycles. The molecule has 2 aromatic rings. The molecule has 1 amide bonds. The second-order valence-electron chi connectivity index (χ2n) is 7.17. The molecule has 1 aliphatic carbocycles. The van der Waals surface area contributed by atoms with Crippen molar-refractivity contribution in [1.29, 1.82) is 0 Å². The molecule has 2 fully saturated rings. The number of carbonyl (C=O) groups is 1. The zero-order valence-electron chi connectivity index (χ0n) is 13.4. The third kappa shape index (κ3) is 2.26. The summed E-state index contributed by atoms with van der Waals surface area (Å²) in [5, 5.41) is 4.59. The van der Waals surface area contributed by atoms with Crippen LogP contribution in [0.15, 0.2) is 24.3 Å². The maximum atomic E-state index is 13.7. The lowest BCUT2D eigenvalue weighted by Gasteiger charge is -2.58. The Morgan fingerprint density at radius 1 is 1.26 bits per heavy atom. The van der Waals surface area contributed by atoms with E-state index in [1.54, 1.807) is 12.1 Å². The van der Waals surface area contributed by atoms with Crippen molar-refractivity contribution in [2.45, 2.75) is 32.6 Å². The smallest absolute Gasteiger partial charge is 0.209 e. The first-order valence-electron chi connectivity index (χ1n) is 8.02. The predicted octanol–water partition coefficient (Wildman–Crippen LogP) is 2.96. The minimum absolute atomic E-state index is 0.240. The molecule has 2 aliphatic rings. The first-order chi connectivity index (χ1) is 11.0. The standard InChI is InChI=1S/C18H20FN3O/c1-12-3-4-15(19)6-16(12)22-17(5-13(2)20-22)14-7-18(8-14)9-21(10-18)11-23/h3-6,11,14H,7-10H2,1-2H3. The van der Waals surface area contributed by atoms with Crippen molar-refractivity contribution in [1.82, 2.24) is 14.7 Å². The number of aromatic nitrogens is 2. The summed E-state index contributed by atoms with van der Waals surface area (Å²) < 4.78 is 15.6. The van der Waals surface area contributed by atoms with Crippen molar-refractivity contribution in [3.05, 3.63) is 47.0 Å². The van der Waals surface area contributed by atoms with Gasteiger partial charge in [-0.2, -0.15) is 5.10 Å². The Morgan fingerprint density at radius 2 is 2.00 bits per heavy atom. The summed E-state index contributed by atoms with van der Waals surface area (Å²) in [7, 11) is 0. The van der Waals surface area contributed by atoms with E-state index in [4.69, 9.17) is 0 Å². The Hall–Kier alpha value is -2.17. The van der Waals surface area contributed by atoms with Gasteiger partial charge in [0.05, 0.1) is 11.4 Å². The number of carbonyl (C=O) groups excluding carboxylic acids is 1. The number of benzene rings is 1. The molecule has 23 heavy (non-hydrogen) atoms. The minimum Gasteiger partial charge on any atom is -0.344 e. The van der Waals surface area contributed by atoms with Crippen LogP contribution in [-0.2, 0) is 4.79 Å². The van der Waals surface area contributed by atoms with Crippen LogP contribution in [0.25, 0.3) is 5.69 Å². The highest BCUT2D eigenvalue weighted by Crippen LogP contribution is 2.55. The fraction of sp³-hybridized carbons (Fsp3) is 0.444. The van der Waals surface area contributed by atoms with Gasteiger partial charge in [-0.05, 0) is 50.5 Å². The van der Waals surface area contributed by atoms with E-state index < -0.39 is 0 Å². The van der Waals surface area contributed by atoms with Gasteiger partial charge in [0.2, 0.25) is 6.41 Å². The summed E-state index contributed by atoms with van der Waals surface area (Å²) in [6.07, 6.45) is 3.09. The predicted molar refractivity (Wildman–Crippen MR) is 85.0 cm³/mol. The van der Waals surface area contributed by atoms with Gasteiger partial charge in [0.15, 0.2) is 0 Å². The van der Waals surface area contributed by atoms with Gasteiger partial charge in [0.1, 0.15) is 5.82 Å². The van der Waals surface area contributed by atoms with Gasteiger partial charge in [-0.3, -0.25) is 4.79 Å². The second kappa shape index (κ2) is 4.91. The Bertz CT molecular complexity index is 769. The third-order valence-corrected chi connectivity index (χ3v) is 5.26. The van der Waals surface area contributed by atoms with E-state index in [1.165, 1.54) is 6.07 Å². The molecule has 0 radical (unpaired) electrons. The van der Waals surface area contributed by atoms with Crippen molar-refractivity contribution >= 4 is 6.41 Å². The summed E-state index contributed by atoms with van der Waals surface area (Å²) in [5.74, 6) is 0.197. The molecule has 1 saturated carbocycles. The Kier molecular flexibility index (Phi) is 3.08. The van der Waals surface area contributed by atoms with Crippen LogP contribution < -0.4 is 0 Å². The summed E-state index contributed by atoms with van der Waals surface area (Å²) in [6, 6.07) is 6.94. The topological polar surface area (TPSA) is 38.1 Å². The van der Waals surface area contributed by atoms with Crippen molar-refractivity contribution < 1.29 is 9.18 Å². The number of likely N-dealkylation sites (tertiary alicyclic amines) is 1. The molecule has 0 N–H and O–H groups in total. The first kappa shape index (κ1) is 14.4. The van der Waals surface area contributed by atoms with Crippen LogP contribution in [-0.4, -0.2) is 34.2 Å². The molecule has 1 spiro atoms. The molecule has 4 rings (SSSR count). The van der Waals surface area contributed by atoms with Crippen molar-refractivity contribution in [2.24, 2.45) is 5.41 Å². The molecular formula is C18H20FN3O. The monoisotopic (exact) mass is 313 g/mol. The number of halogens is 1. The lowest BCUT2D eigenvalue weighted by molar-refractivity contribution is -0.137. The van der Waals surface area contributed by atoms with Crippen LogP contribution in [0.5, 0.6) is 0 Å². The number of rotatable bonds is 3. The van der Waals surface area contributed by atoms with E-state index in [1.807, 2.05) is 23.4 Å². The van der Waals surface area contributed by atoms with E-state index in [9.17, 15) is 9.18 Å². The highest BCUT2D eigenvalue weighted by molar-refractivity contribution is 5.50. The Labute approximate surface area is 134 Å². The zero-order valence-corrected chi connectivity index (χ0v) is 13.4. The Balaban J connectivity index is 1.62. The molecule has 1 aromatic heterocycles. The van der Waals surface area contributed by atoms with Crippen LogP contribution in [0.3, 0.4) is 0 Å². The molecule has 5 heteroatoms. The van der Waals surface area contributed by atoms with Crippen LogP contribution in [0, 0.1) is 25.1 Å². The Morgan fingerprint density at radius 3 is 2.70 bits per heavy atom. The van der Waals surface area contributed by atoms with Gasteiger partial charge in [0, 0.05) is 30.1 Å². The van der Waals surface area contributed by atoms with Crippen LogP contribution in [0.2, 0.25) is 0 Å². The van der Waals surface area contributed by atoms with E-state index >= 15 is 0 Å². The third-order valence-electron chi connectivity index (χ3n) is 5.26. The van der Waals surface area contributed by atoms with Crippen molar-refractivity contribution in [2.75, 3.05) is 13.1 Å². The van der Waals surface area contributed by atoms with Gasteiger partial charge in [0.25, 0.3) is 0 Å². The summed E-state index contributed by atoms with van der Waals surface area (Å²) in [5.41, 5.74) is 4.25. The molecule has 0 bridgehead atoms. The van der Waals surface area contributed by atoms with E-state index in [2.05, 4.69) is 11.2 Å². The highest BCUT2D eigenvalue weighted by atomic mass is 19.1. The molecule has 0 atom stereocenters. The first-order valence-corrected chi connectivity index (χ1v) is 8.02. The molecule has 120 valence electrons. The van der Waals surface area contributed by atoms with Gasteiger partial charge < -0.3 is 4.90 Å². The lowest BCUT2D eigenvalue weighted by Crippen LogP contribution is -2.61. The van der Waals surface area contributed by atoms with Crippen LogP contribution in [0.1, 0.15) is 35.7 Å². The van der Waals surface area contributed by atoms with E-state index in [0.29, 0.717) is 11.3 Å². The summed E-state index contributed by atoms with van der Waals surface area (Å²) >= 11 is 0. The SMILES string of the molecule is Cc1cc(C2CC3(C2)CN(C=O)C3)n(-c2cc(F)ccc2C)n1. The molecule has 2 heterocycles. The molecule has 1 aromatic carbocycles. The lowest BCUT2D eigenvalue weighted by atomic mass is 9.57. The zero-order chi connectivity index (χ0) is 16.2.